The third-order valence-electron chi connectivity index (χ3n) is 8.59. The van der Waals surface area contributed by atoms with Gasteiger partial charge in [0.1, 0.15) is 11.6 Å². The van der Waals surface area contributed by atoms with E-state index in [0.717, 1.165) is 30.9 Å². The molecule has 9 heteroatoms. The quantitative estimate of drug-likeness (QED) is 0.389. The molecule has 3 N–H and O–H groups in total. The standard InChI is InChI=1S/C32H46N6O3/c1-3-35(4-2)22-23-37-25-38(27-14-9-6-10-15-27)32(31(37)41)17-20-36(21-18-32)30(40)28(34-29(39)16-11-19-33)24-26-12-7-5-8-13-26/h5-10,12-15,28H,3-4,11,16-25,33H2,1-2H3,(H,34,39)/t28-/m1/s1. The summed E-state index contributed by atoms with van der Waals surface area (Å²) in [5.74, 6) is -0.111. The Morgan fingerprint density at radius 3 is 2.24 bits per heavy atom. The maximum atomic E-state index is 14.0. The van der Waals surface area contributed by atoms with Crippen molar-refractivity contribution >= 4 is 23.4 Å². The van der Waals surface area contributed by atoms with E-state index in [1.807, 2.05) is 58.3 Å². The molecule has 2 fully saturated rings. The molecule has 0 aromatic heterocycles. The number of para-hydroxylation sites is 1. The molecule has 0 radical (unpaired) electrons. The Labute approximate surface area is 244 Å². The van der Waals surface area contributed by atoms with Crippen LogP contribution in [0.15, 0.2) is 60.7 Å². The van der Waals surface area contributed by atoms with Crippen LogP contribution < -0.4 is 16.0 Å². The lowest BCUT2D eigenvalue weighted by Crippen LogP contribution is -2.59. The summed E-state index contributed by atoms with van der Waals surface area (Å²) in [7, 11) is 0. The molecular formula is C32H46N6O3. The number of nitrogens with zero attached hydrogens (tertiary/aromatic N) is 4. The molecule has 1 spiro atoms. The van der Waals surface area contributed by atoms with Gasteiger partial charge in [0, 0.05) is 44.7 Å². The second-order valence-corrected chi connectivity index (χ2v) is 11.1. The van der Waals surface area contributed by atoms with Crippen molar-refractivity contribution < 1.29 is 14.4 Å². The first kappa shape index (κ1) is 30.5. The molecule has 4 rings (SSSR count). The van der Waals surface area contributed by atoms with Crippen LogP contribution >= 0.6 is 0 Å². The second kappa shape index (κ2) is 14.5. The highest BCUT2D eigenvalue weighted by molar-refractivity contribution is 5.94. The fourth-order valence-corrected chi connectivity index (χ4v) is 6.07. The minimum absolute atomic E-state index is 0.0973. The van der Waals surface area contributed by atoms with E-state index in [-0.39, 0.29) is 17.7 Å². The summed E-state index contributed by atoms with van der Waals surface area (Å²) >= 11 is 0. The van der Waals surface area contributed by atoms with Gasteiger partial charge in [0.25, 0.3) is 0 Å². The van der Waals surface area contributed by atoms with Gasteiger partial charge in [-0.05, 0) is 56.6 Å². The van der Waals surface area contributed by atoms with Crippen molar-refractivity contribution in [1.29, 1.82) is 0 Å². The summed E-state index contributed by atoms with van der Waals surface area (Å²) in [4.78, 5) is 48.9. The second-order valence-electron chi connectivity index (χ2n) is 11.1. The van der Waals surface area contributed by atoms with Crippen molar-refractivity contribution in [2.45, 2.75) is 57.5 Å². The Hall–Kier alpha value is -3.43. The van der Waals surface area contributed by atoms with E-state index in [0.29, 0.717) is 65.0 Å². The number of nitrogens with one attached hydrogen (secondary N) is 1. The average molecular weight is 563 g/mol. The van der Waals surface area contributed by atoms with Crippen LogP contribution in [0.25, 0.3) is 0 Å². The third kappa shape index (κ3) is 7.26. The number of carbonyl (C=O) groups excluding carboxylic acids is 3. The molecule has 2 aromatic carbocycles. The van der Waals surface area contributed by atoms with Gasteiger partial charge in [0.05, 0.1) is 6.67 Å². The molecule has 2 aliphatic rings. The van der Waals surface area contributed by atoms with Gasteiger partial charge in [-0.25, -0.2) is 0 Å². The topological polar surface area (TPSA) is 102 Å². The molecule has 3 amide bonds. The Bertz CT molecular complexity index is 1130. The maximum absolute atomic E-state index is 14.0. The van der Waals surface area contributed by atoms with Crippen LogP contribution in [0, 0.1) is 0 Å². The van der Waals surface area contributed by atoms with Gasteiger partial charge in [0.15, 0.2) is 0 Å². The zero-order chi connectivity index (χ0) is 29.2. The van der Waals surface area contributed by atoms with Gasteiger partial charge in [0.2, 0.25) is 17.7 Å². The highest BCUT2D eigenvalue weighted by atomic mass is 16.2. The molecule has 0 unspecified atom stereocenters. The summed E-state index contributed by atoms with van der Waals surface area (Å²) < 4.78 is 0. The molecule has 2 aromatic rings. The molecule has 0 bridgehead atoms. The lowest BCUT2D eigenvalue weighted by atomic mass is 9.85. The van der Waals surface area contributed by atoms with E-state index in [9.17, 15) is 14.4 Å². The molecule has 41 heavy (non-hydrogen) atoms. The maximum Gasteiger partial charge on any atom is 0.250 e. The van der Waals surface area contributed by atoms with E-state index in [1.165, 1.54) is 0 Å². The smallest absolute Gasteiger partial charge is 0.250 e. The Morgan fingerprint density at radius 1 is 1.00 bits per heavy atom. The fourth-order valence-electron chi connectivity index (χ4n) is 6.07. The van der Waals surface area contributed by atoms with Gasteiger partial charge < -0.3 is 30.7 Å². The number of likely N-dealkylation sites (tertiary alicyclic amines) is 1. The zero-order valence-corrected chi connectivity index (χ0v) is 24.6. The predicted octanol–water partition coefficient (Wildman–Crippen LogP) is 2.46. The van der Waals surface area contributed by atoms with Crippen molar-refractivity contribution in [2.75, 3.05) is 57.4 Å². The van der Waals surface area contributed by atoms with Crippen molar-refractivity contribution in [2.24, 2.45) is 5.73 Å². The van der Waals surface area contributed by atoms with Crippen LogP contribution in [0.4, 0.5) is 5.69 Å². The summed E-state index contributed by atoms with van der Waals surface area (Å²) in [6, 6.07) is 19.2. The van der Waals surface area contributed by atoms with Crippen molar-refractivity contribution in [3.05, 3.63) is 66.2 Å². The third-order valence-corrected chi connectivity index (χ3v) is 8.59. The molecule has 1 atom stereocenters. The van der Waals surface area contributed by atoms with E-state index < -0.39 is 11.6 Å². The SMILES string of the molecule is CCN(CC)CCN1CN(c2ccccc2)C2(CCN(C(=O)[C@@H](Cc3ccccc3)NC(=O)CCCN)CC2)C1=O. The van der Waals surface area contributed by atoms with E-state index in [2.05, 4.69) is 41.1 Å². The normalized spacial score (nSPS) is 17.4. The number of likely N-dealkylation sites (N-methyl/N-ethyl adjacent to an activating group) is 1. The molecule has 0 saturated carbocycles. The monoisotopic (exact) mass is 562 g/mol. The predicted molar refractivity (Wildman–Crippen MR) is 162 cm³/mol. The van der Waals surface area contributed by atoms with Gasteiger partial charge in [-0.2, -0.15) is 0 Å². The van der Waals surface area contributed by atoms with Crippen molar-refractivity contribution in [3.63, 3.8) is 0 Å². The molecule has 2 saturated heterocycles. The molecule has 0 aliphatic carbocycles. The highest BCUT2D eigenvalue weighted by Crippen LogP contribution is 2.39. The Balaban J connectivity index is 1.50. The lowest BCUT2D eigenvalue weighted by molar-refractivity contribution is -0.140. The summed E-state index contributed by atoms with van der Waals surface area (Å²) in [5.41, 5.74) is 6.93. The number of hydrogen-bond donors (Lipinski definition) is 2. The summed E-state index contributed by atoms with van der Waals surface area (Å²) in [5, 5.41) is 2.97. The molecule has 9 nitrogen and oxygen atoms in total. The molecule has 2 heterocycles. The van der Waals surface area contributed by atoms with Crippen LogP contribution in [-0.4, -0.2) is 96.5 Å². The Kier molecular flexibility index (Phi) is 10.8. The van der Waals surface area contributed by atoms with Crippen LogP contribution in [0.3, 0.4) is 0 Å². The van der Waals surface area contributed by atoms with E-state index in [1.54, 1.807) is 0 Å². The summed E-state index contributed by atoms with van der Waals surface area (Å²) in [6.45, 7) is 9.62. The first-order valence-corrected chi connectivity index (χ1v) is 15.1. The number of anilines is 1. The van der Waals surface area contributed by atoms with Gasteiger partial charge in [-0.15, -0.1) is 0 Å². The lowest BCUT2D eigenvalue weighted by Gasteiger charge is -2.44. The zero-order valence-electron chi connectivity index (χ0n) is 24.6. The fraction of sp³-hybridized carbons (Fsp3) is 0.531. The van der Waals surface area contributed by atoms with Crippen molar-refractivity contribution in [1.82, 2.24) is 20.0 Å². The first-order chi connectivity index (χ1) is 19.9. The van der Waals surface area contributed by atoms with Crippen LogP contribution in [0.2, 0.25) is 0 Å². The van der Waals surface area contributed by atoms with E-state index in [4.69, 9.17) is 5.73 Å². The van der Waals surface area contributed by atoms with E-state index >= 15 is 0 Å². The minimum atomic E-state index is -0.680. The number of benzene rings is 2. The number of piperidine rings is 1. The number of amides is 3. The average Bonchev–Trinajstić information content (AvgIpc) is 3.27. The van der Waals surface area contributed by atoms with Crippen LogP contribution in [-0.2, 0) is 20.8 Å². The molecule has 2 aliphatic heterocycles. The number of rotatable bonds is 13. The van der Waals surface area contributed by atoms with Gasteiger partial charge in [-0.3, -0.25) is 14.4 Å². The van der Waals surface area contributed by atoms with Gasteiger partial charge in [-0.1, -0.05) is 62.4 Å². The Morgan fingerprint density at radius 2 is 1.63 bits per heavy atom. The highest BCUT2D eigenvalue weighted by Gasteiger charge is 2.54. The van der Waals surface area contributed by atoms with Crippen molar-refractivity contribution in [3.8, 4) is 0 Å². The van der Waals surface area contributed by atoms with Crippen LogP contribution in [0.1, 0.15) is 45.1 Å². The number of hydrogen-bond acceptors (Lipinski definition) is 6. The molecule has 222 valence electrons. The number of carbonyl (C=O) groups is 3. The van der Waals surface area contributed by atoms with Gasteiger partial charge >= 0.3 is 0 Å². The first-order valence-electron chi connectivity index (χ1n) is 15.1. The molecular weight excluding hydrogens is 516 g/mol. The van der Waals surface area contributed by atoms with Crippen LogP contribution in [0.5, 0.6) is 0 Å². The summed E-state index contributed by atoms with van der Waals surface area (Å²) in [6.07, 6.45) is 2.39. The minimum Gasteiger partial charge on any atom is -0.344 e. The number of nitrogens with two attached hydrogens (primary N) is 1. The largest absolute Gasteiger partial charge is 0.344 e.